The minimum atomic E-state index is -0.907. The second-order valence-electron chi connectivity index (χ2n) is 7.74. The molecule has 0 unspecified atom stereocenters. The van der Waals surface area contributed by atoms with Gasteiger partial charge in [0.15, 0.2) is 0 Å². The Balaban J connectivity index is 1.74. The number of hydrazone groups is 1. The number of aryl methyl sites for hydroxylation is 1. The van der Waals surface area contributed by atoms with Gasteiger partial charge in [-0.25, -0.2) is 9.48 Å². The van der Waals surface area contributed by atoms with Gasteiger partial charge in [0, 0.05) is 13.1 Å². The number of rotatable bonds is 5. The molecule has 1 aromatic heterocycles. The van der Waals surface area contributed by atoms with Gasteiger partial charge in [0.2, 0.25) is 0 Å². The molecule has 2 aliphatic rings. The fraction of sp³-hybridized carbons (Fsp3) is 0.429. The standard InChI is InChI=1S/C21H26N6O2/c1-4-21(3)19(28)27(20(29)23-21)22-14-17-15(2)24-26(16-10-6-5-7-11-16)18(17)25-12-8-9-13-25/h5-7,10-11,14H,4,8-9,12-13H2,1-3H3,(H,23,29)/t21-/m1/s1. The number of benzene rings is 1. The molecule has 3 amide bonds. The molecule has 0 saturated carbocycles. The van der Waals surface area contributed by atoms with Crippen LogP contribution in [0.5, 0.6) is 0 Å². The average molecular weight is 394 g/mol. The van der Waals surface area contributed by atoms with E-state index in [-0.39, 0.29) is 5.91 Å². The summed E-state index contributed by atoms with van der Waals surface area (Å²) in [5, 5.41) is 12.6. The molecule has 2 saturated heterocycles. The highest BCUT2D eigenvalue weighted by atomic mass is 16.2. The zero-order chi connectivity index (χ0) is 20.6. The van der Waals surface area contributed by atoms with Crippen molar-refractivity contribution in [1.29, 1.82) is 0 Å². The van der Waals surface area contributed by atoms with Crippen LogP contribution in [0.2, 0.25) is 0 Å². The van der Waals surface area contributed by atoms with Crippen molar-refractivity contribution in [1.82, 2.24) is 20.1 Å². The maximum atomic E-state index is 12.6. The van der Waals surface area contributed by atoms with Crippen LogP contribution in [0.1, 0.15) is 44.4 Å². The number of nitrogens with zero attached hydrogens (tertiary/aromatic N) is 5. The second kappa shape index (κ2) is 7.35. The third kappa shape index (κ3) is 3.28. The highest BCUT2D eigenvalue weighted by Gasteiger charge is 2.47. The molecular weight excluding hydrogens is 368 g/mol. The summed E-state index contributed by atoms with van der Waals surface area (Å²) < 4.78 is 1.92. The van der Waals surface area contributed by atoms with Gasteiger partial charge < -0.3 is 10.2 Å². The number of carbonyl (C=O) groups is 2. The van der Waals surface area contributed by atoms with Crippen molar-refractivity contribution >= 4 is 24.0 Å². The first-order valence-corrected chi connectivity index (χ1v) is 10.1. The number of nitrogens with one attached hydrogen (secondary N) is 1. The Morgan fingerprint density at radius 1 is 1.21 bits per heavy atom. The summed E-state index contributed by atoms with van der Waals surface area (Å²) in [7, 11) is 0. The van der Waals surface area contributed by atoms with Crippen LogP contribution in [0.4, 0.5) is 10.6 Å². The largest absolute Gasteiger partial charge is 0.356 e. The predicted octanol–water partition coefficient (Wildman–Crippen LogP) is 2.84. The number of carbonyl (C=O) groups excluding carboxylic acids is 2. The summed E-state index contributed by atoms with van der Waals surface area (Å²) in [6, 6.07) is 9.46. The molecule has 2 fully saturated rings. The van der Waals surface area contributed by atoms with E-state index >= 15 is 0 Å². The van der Waals surface area contributed by atoms with Gasteiger partial charge in [-0.2, -0.15) is 10.2 Å². The number of hydrogen-bond acceptors (Lipinski definition) is 5. The van der Waals surface area contributed by atoms with E-state index in [1.54, 1.807) is 13.1 Å². The summed E-state index contributed by atoms with van der Waals surface area (Å²) in [6.45, 7) is 7.39. The lowest BCUT2D eigenvalue weighted by atomic mass is 10.00. The smallest absolute Gasteiger partial charge is 0.346 e. The van der Waals surface area contributed by atoms with Crippen molar-refractivity contribution in [3.05, 3.63) is 41.6 Å². The van der Waals surface area contributed by atoms with Crippen molar-refractivity contribution in [3.8, 4) is 5.69 Å². The van der Waals surface area contributed by atoms with Gasteiger partial charge in [-0.3, -0.25) is 4.79 Å². The van der Waals surface area contributed by atoms with Crippen molar-refractivity contribution in [3.63, 3.8) is 0 Å². The molecule has 8 heteroatoms. The minimum Gasteiger partial charge on any atom is -0.356 e. The molecule has 1 atom stereocenters. The molecule has 2 aromatic rings. The molecule has 3 heterocycles. The van der Waals surface area contributed by atoms with Crippen LogP contribution in [0.15, 0.2) is 35.4 Å². The molecule has 152 valence electrons. The summed E-state index contributed by atoms with van der Waals surface area (Å²) in [5.41, 5.74) is 1.67. The first kappa shape index (κ1) is 19.2. The van der Waals surface area contributed by atoms with E-state index in [9.17, 15) is 9.59 Å². The fourth-order valence-electron chi connectivity index (χ4n) is 3.79. The molecule has 1 aromatic carbocycles. The Bertz CT molecular complexity index is 961. The van der Waals surface area contributed by atoms with Crippen LogP contribution < -0.4 is 10.2 Å². The zero-order valence-corrected chi connectivity index (χ0v) is 17.1. The van der Waals surface area contributed by atoms with E-state index in [0.29, 0.717) is 6.42 Å². The Labute approximate surface area is 170 Å². The van der Waals surface area contributed by atoms with Gasteiger partial charge in [-0.05, 0) is 45.2 Å². The quantitative estimate of drug-likeness (QED) is 0.624. The molecule has 0 spiro atoms. The molecule has 2 aliphatic heterocycles. The number of hydrogen-bond donors (Lipinski definition) is 1. The Morgan fingerprint density at radius 2 is 1.90 bits per heavy atom. The van der Waals surface area contributed by atoms with Gasteiger partial charge >= 0.3 is 6.03 Å². The van der Waals surface area contributed by atoms with Crippen LogP contribution in [0, 0.1) is 6.92 Å². The number of anilines is 1. The lowest BCUT2D eigenvalue weighted by Gasteiger charge is -2.20. The van der Waals surface area contributed by atoms with Crippen molar-refractivity contribution < 1.29 is 9.59 Å². The number of para-hydroxylation sites is 1. The third-order valence-corrected chi connectivity index (χ3v) is 5.74. The Hall–Kier alpha value is -3.16. The normalized spacial score (nSPS) is 22.2. The minimum absolute atomic E-state index is 0.336. The summed E-state index contributed by atoms with van der Waals surface area (Å²) in [6.07, 6.45) is 4.34. The van der Waals surface area contributed by atoms with Crippen molar-refractivity contribution in [2.45, 2.75) is 45.6 Å². The van der Waals surface area contributed by atoms with E-state index in [2.05, 4.69) is 15.3 Å². The summed E-state index contributed by atoms with van der Waals surface area (Å²) in [5.74, 6) is 0.609. The lowest BCUT2D eigenvalue weighted by Crippen LogP contribution is -2.42. The highest BCUT2D eigenvalue weighted by Crippen LogP contribution is 2.29. The van der Waals surface area contributed by atoms with Gasteiger partial charge in [-0.1, -0.05) is 25.1 Å². The summed E-state index contributed by atoms with van der Waals surface area (Å²) in [4.78, 5) is 27.2. The van der Waals surface area contributed by atoms with Crippen LogP contribution >= 0.6 is 0 Å². The number of urea groups is 1. The van der Waals surface area contributed by atoms with Crippen LogP contribution in [0.25, 0.3) is 5.69 Å². The summed E-state index contributed by atoms with van der Waals surface area (Å²) >= 11 is 0. The van der Waals surface area contributed by atoms with Gasteiger partial charge in [0.05, 0.1) is 23.2 Å². The van der Waals surface area contributed by atoms with Gasteiger partial charge in [-0.15, -0.1) is 5.01 Å². The first-order chi connectivity index (χ1) is 13.9. The van der Waals surface area contributed by atoms with E-state index in [1.807, 2.05) is 48.9 Å². The monoisotopic (exact) mass is 394 g/mol. The number of imide groups is 1. The molecule has 0 bridgehead atoms. The van der Waals surface area contributed by atoms with E-state index in [4.69, 9.17) is 5.10 Å². The SMILES string of the molecule is CC[C@@]1(C)NC(=O)N(N=Cc2c(C)nn(-c3ccccc3)c2N2CCCC2)C1=O. The van der Waals surface area contributed by atoms with Gasteiger partial charge in [0.1, 0.15) is 11.4 Å². The molecule has 0 radical (unpaired) electrons. The van der Waals surface area contributed by atoms with E-state index in [1.165, 1.54) is 0 Å². The van der Waals surface area contributed by atoms with Crippen LogP contribution in [-0.4, -0.2) is 51.6 Å². The molecule has 4 rings (SSSR count). The second-order valence-corrected chi connectivity index (χ2v) is 7.74. The molecule has 8 nitrogen and oxygen atoms in total. The molecule has 29 heavy (non-hydrogen) atoms. The average Bonchev–Trinajstić information content (AvgIpc) is 3.41. The predicted molar refractivity (Wildman–Crippen MR) is 111 cm³/mol. The third-order valence-electron chi connectivity index (χ3n) is 5.74. The van der Waals surface area contributed by atoms with Crippen LogP contribution in [0.3, 0.4) is 0 Å². The van der Waals surface area contributed by atoms with E-state index < -0.39 is 11.6 Å². The fourth-order valence-corrected chi connectivity index (χ4v) is 3.79. The Morgan fingerprint density at radius 3 is 2.52 bits per heavy atom. The van der Waals surface area contributed by atoms with Gasteiger partial charge in [0.25, 0.3) is 5.91 Å². The van der Waals surface area contributed by atoms with Crippen molar-refractivity contribution in [2.24, 2.45) is 5.10 Å². The maximum absolute atomic E-state index is 12.6. The zero-order valence-electron chi connectivity index (χ0n) is 17.1. The molecule has 1 N–H and O–H groups in total. The number of amides is 3. The lowest BCUT2D eigenvalue weighted by molar-refractivity contribution is -0.130. The van der Waals surface area contributed by atoms with Crippen molar-refractivity contribution in [2.75, 3.05) is 18.0 Å². The number of aromatic nitrogens is 2. The molecular formula is C21H26N6O2. The van der Waals surface area contributed by atoms with Crippen LogP contribution in [-0.2, 0) is 4.79 Å². The first-order valence-electron chi connectivity index (χ1n) is 10.1. The maximum Gasteiger partial charge on any atom is 0.346 e. The van der Waals surface area contributed by atoms with E-state index in [0.717, 1.165) is 53.7 Å². The topological polar surface area (TPSA) is 82.8 Å². The Kier molecular flexibility index (Phi) is 4.86. The molecule has 0 aliphatic carbocycles. The highest BCUT2D eigenvalue weighted by molar-refractivity contribution is 6.07.